The van der Waals surface area contributed by atoms with Gasteiger partial charge in [-0.25, -0.2) is 8.42 Å². The average molecular weight is 358 g/mol. The monoisotopic (exact) mass is 357 g/mol. The molecule has 0 atom stereocenters. The number of hydrogen-bond donors (Lipinski definition) is 2. The van der Waals surface area contributed by atoms with Crippen molar-refractivity contribution in [2.24, 2.45) is 0 Å². The zero-order valence-corrected chi connectivity index (χ0v) is 12.6. The lowest BCUT2D eigenvalue weighted by molar-refractivity contribution is 0.603. The first-order valence-electron chi connectivity index (χ1n) is 5.25. The third kappa shape index (κ3) is 2.38. The third-order valence-electron chi connectivity index (χ3n) is 2.52. The van der Waals surface area contributed by atoms with Gasteiger partial charge in [-0.15, -0.1) is 11.3 Å². The Labute approximate surface area is 121 Å². The van der Waals surface area contributed by atoms with E-state index in [9.17, 15) is 8.42 Å². The van der Waals surface area contributed by atoms with Gasteiger partial charge in [0, 0.05) is 9.86 Å². The lowest BCUT2D eigenvalue weighted by Crippen LogP contribution is -2.11. The first-order valence-corrected chi connectivity index (χ1v) is 8.41. The highest BCUT2D eigenvalue weighted by Crippen LogP contribution is 2.29. The summed E-state index contributed by atoms with van der Waals surface area (Å²) in [5, 5.41) is 9.35. The summed E-state index contributed by atoms with van der Waals surface area (Å²) in [5.74, 6) is 0. The molecular weight excluding hydrogens is 350 g/mol. The molecule has 2 heterocycles. The van der Waals surface area contributed by atoms with E-state index in [1.54, 1.807) is 35.8 Å². The predicted molar refractivity (Wildman–Crippen MR) is 78.9 cm³/mol. The predicted octanol–water partition coefficient (Wildman–Crippen LogP) is 3.19. The van der Waals surface area contributed by atoms with Crippen molar-refractivity contribution in [2.45, 2.75) is 4.21 Å². The Kier molecular flexibility index (Phi) is 3.08. The van der Waals surface area contributed by atoms with Crippen molar-refractivity contribution in [3.63, 3.8) is 0 Å². The normalized spacial score (nSPS) is 11.8. The molecule has 0 unspecified atom stereocenters. The second-order valence-corrected chi connectivity index (χ2v) is 7.48. The second kappa shape index (κ2) is 4.62. The Balaban J connectivity index is 1.98. The third-order valence-corrected chi connectivity index (χ3v) is 6.57. The fourth-order valence-electron chi connectivity index (χ4n) is 1.67. The van der Waals surface area contributed by atoms with Crippen molar-refractivity contribution < 1.29 is 8.42 Å². The Hall–Kier alpha value is -1.38. The number of anilines is 1. The highest BCUT2D eigenvalue weighted by molar-refractivity contribution is 9.10. The summed E-state index contributed by atoms with van der Waals surface area (Å²) in [6.07, 6.45) is 1.68. The second-order valence-electron chi connectivity index (χ2n) is 3.83. The maximum atomic E-state index is 12.2. The van der Waals surface area contributed by atoms with Gasteiger partial charge in [0.2, 0.25) is 0 Å². The van der Waals surface area contributed by atoms with Crippen molar-refractivity contribution >= 4 is 53.9 Å². The maximum absolute atomic E-state index is 12.2. The van der Waals surface area contributed by atoms with Crippen LogP contribution in [0, 0.1) is 0 Å². The number of thiophene rings is 1. The molecule has 19 heavy (non-hydrogen) atoms. The Morgan fingerprint density at radius 3 is 2.89 bits per heavy atom. The van der Waals surface area contributed by atoms with Gasteiger partial charge in [0.1, 0.15) is 0 Å². The first kappa shape index (κ1) is 12.6. The smallest absolute Gasteiger partial charge is 0.272 e. The number of rotatable bonds is 3. The van der Waals surface area contributed by atoms with E-state index in [4.69, 9.17) is 0 Å². The number of sulfonamides is 1. The number of H-pyrrole nitrogens is 1. The topological polar surface area (TPSA) is 74.8 Å². The van der Waals surface area contributed by atoms with Gasteiger partial charge in [0.25, 0.3) is 10.0 Å². The van der Waals surface area contributed by atoms with Crippen LogP contribution in [-0.4, -0.2) is 18.6 Å². The molecule has 1 aromatic carbocycles. The molecule has 2 N–H and O–H groups in total. The van der Waals surface area contributed by atoms with Crippen molar-refractivity contribution in [2.75, 3.05) is 4.72 Å². The van der Waals surface area contributed by atoms with Crippen molar-refractivity contribution in [3.05, 3.63) is 40.3 Å². The lowest BCUT2D eigenvalue weighted by Gasteiger charge is -2.06. The van der Waals surface area contributed by atoms with Crippen LogP contribution in [0.15, 0.2) is 44.5 Å². The van der Waals surface area contributed by atoms with Crippen LogP contribution in [0.5, 0.6) is 0 Å². The molecule has 0 aliphatic rings. The highest BCUT2D eigenvalue weighted by Gasteiger charge is 2.19. The van der Waals surface area contributed by atoms with Crippen LogP contribution in [0.1, 0.15) is 0 Å². The number of nitrogens with zero attached hydrogens (tertiary/aromatic N) is 1. The van der Waals surface area contributed by atoms with Gasteiger partial charge >= 0.3 is 0 Å². The van der Waals surface area contributed by atoms with E-state index in [-0.39, 0.29) is 4.21 Å². The zero-order chi connectivity index (χ0) is 13.5. The number of halogens is 1. The first-order chi connectivity index (χ1) is 9.06. The summed E-state index contributed by atoms with van der Waals surface area (Å²) in [5.41, 5.74) is 1.28. The summed E-state index contributed by atoms with van der Waals surface area (Å²) >= 11 is 4.39. The van der Waals surface area contributed by atoms with Crippen molar-refractivity contribution in [1.29, 1.82) is 0 Å². The minimum absolute atomic E-state index is 0.261. The van der Waals surface area contributed by atoms with Gasteiger partial charge in [-0.1, -0.05) is 0 Å². The minimum Gasteiger partial charge on any atom is -0.279 e. The molecule has 2 aromatic heterocycles. The molecule has 0 radical (unpaired) electrons. The molecular formula is C11H8BrN3O2S2. The Bertz CT molecular complexity index is 838. The molecule has 98 valence electrons. The largest absolute Gasteiger partial charge is 0.279 e. The van der Waals surface area contributed by atoms with Crippen LogP contribution in [0.2, 0.25) is 0 Å². The molecule has 0 saturated heterocycles. The van der Waals surface area contributed by atoms with Crippen LogP contribution in [-0.2, 0) is 10.0 Å². The molecule has 3 aromatic rings. The quantitative estimate of drug-likeness (QED) is 0.755. The van der Waals surface area contributed by atoms with Crippen LogP contribution in [0.25, 0.3) is 10.9 Å². The van der Waals surface area contributed by atoms with E-state index >= 15 is 0 Å². The molecule has 0 bridgehead atoms. The number of aromatic nitrogens is 2. The van der Waals surface area contributed by atoms with Gasteiger partial charge in [-0.3, -0.25) is 9.82 Å². The summed E-state index contributed by atoms with van der Waals surface area (Å²) in [6, 6.07) is 6.93. The van der Waals surface area contributed by atoms with Crippen molar-refractivity contribution in [3.8, 4) is 0 Å². The number of hydrogen-bond acceptors (Lipinski definition) is 4. The Morgan fingerprint density at radius 2 is 2.16 bits per heavy atom. The van der Waals surface area contributed by atoms with Crippen LogP contribution in [0.3, 0.4) is 0 Å². The standard InChI is InChI=1S/C11H8BrN3O2S2/c12-9-3-4-18-11(9)19(16,17)15-8-2-1-7-6-13-14-10(7)5-8/h1-6,15H,(H,13,14). The summed E-state index contributed by atoms with van der Waals surface area (Å²) < 4.78 is 27.8. The number of fused-ring (bicyclic) bond motifs is 1. The van der Waals surface area contributed by atoms with E-state index in [1.165, 1.54) is 0 Å². The highest BCUT2D eigenvalue weighted by atomic mass is 79.9. The SMILES string of the molecule is O=S(=O)(Nc1ccc2cn[nH]c2c1)c1sccc1Br. The molecule has 3 rings (SSSR count). The average Bonchev–Trinajstić information content (AvgIpc) is 2.96. The van der Waals surface area contributed by atoms with E-state index in [0.29, 0.717) is 10.2 Å². The summed E-state index contributed by atoms with van der Waals surface area (Å²) in [4.78, 5) is 0. The molecule has 8 heteroatoms. The van der Waals surface area contributed by atoms with Gasteiger partial charge in [-0.2, -0.15) is 5.10 Å². The van der Waals surface area contributed by atoms with E-state index in [2.05, 4.69) is 30.8 Å². The van der Waals surface area contributed by atoms with Crippen LogP contribution < -0.4 is 4.72 Å². The number of nitrogens with one attached hydrogen (secondary N) is 2. The molecule has 0 amide bonds. The Morgan fingerprint density at radius 1 is 1.32 bits per heavy atom. The lowest BCUT2D eigenvalue weighted by atomic mass is 10.2. The van der Waals surface area contributed by atoms with E-state index in [1.807, 2.05) is 0 Å². The number of benzene rings is 1. The van der Waals surface area contributed by atoms with Gasteiger partial charge < -0.3 is 0 Å². The van der Waals surface area contributed by atoms with Gasteiger partial charge in [0.15, 0.2) is 4.21 Å². The maximum Gasteiger partial charge on any atom is 0.272 e. The molecule has 5 nitrogen and oxygen atoms in total. The van der Waals surface area contributed by atoms with Crippen LogP contribution in [0.4, 0.5) is 5.69 Å². The summed E-state index contributed by atoms with van der Waals surface area (Å²) in [6.45, 7) is 0. The number of aromatic amines is 1. The fraction of sp³-hybridized carbons (Fsp3) is 0. The fourth-order valence-corrected chi connectivity index (χ4v) is 5.06. The molecule has 0 fully saturated rings. The molecule has 0 saturated carbocycles. The summed E-state index contributed by atoms with van der Waals surface area (Å²) in [7, 11) is -3.57. The molecule has 0 aliphatic carbocycles. The molecule has 0 aliphatic heterocycles. The van der Waals surface area contributed by atoms with Gasteiger partial charge in [0.05, 0.1) is 17.4 Å². The zero-order valence-electron chi connectivity index (χ0n) is 9.42. The minimum atomic E-state index is -3.57. The van der Waals surface area contributed by atoms with Gasteiger partial charge in [-0.05, 0) is 45.6 Å². The van der Waals surface area contributed by atoms with Crippen molar-refractivity contribution in [1.82, 2.24) is 10.2 Å². The van der Waals surface area contributed by atoms with E-state index < -0.39 is 10.0 Å². The van der Waals surface area contributed by atoms with Crippen LogP contribution >= 0.6 is 27.3 Å². The molecule has 0 spiro atoms. The van der Waals surface area contributed by atoms with E-state index in [0.717, 1.165) is 22.2 Å².